The zero-order valence-electron chi connectivity index (χ0n) is 11.1. The summed E-state index contributed by atoms with van der Waals surface area (Å²) >= 11 is 0. The highest BCUT2D eigenvalue weighted by molar-refractivity contribution is 5.59. The molecule has 21 heavy (non-hydrogen) atoms. The van der Waals surface area contributed by atoms with Crippen molar-refractivity contribution in [3.63, 3.8) is 0 Å². The first-order valence-corrected chi connectivity index (χ1v) is 6.12. The number of hydrogen-bond acceptors (Lipinski definition) is 5. The summed E-state index contributed by atoms with van der Waals surface area (Å²) in [6.45, 7) is 0.327. The lowest BCUT2D eigenvalue weighted by molar-refractivity contribution is -0.173. The van der Waals surface area contributed by atoms with Gasteiger partial charge in [0.05, 0.1) is 6.61 Å². The third-order valence-electron chi connectivity index (χ3n) is 2.64. The SMILES string of the molecule is Cc1cc(O)ccc1-c1nc(CCOCC(F)(F)F)no1. The number of rotatable bonds is 5. The van der Waals surface area contributed by atoms with Gasteiger partial charge in [0.1, 0.15) is 12.4 Å². The van der Waals surface area contributed by atoms with Gasteiger partial charge in [-0.25, -0.2) is 0 Å². The number of phenols is 1. The Bertz CT molecular complexity index is 611. The predicted molar refractivity (Wildman–Crippen MR) is 66.7 cm³/mol. The molecule has 0 atom stereocenters. The molecule has 5 nitrogen and oxygen atoms in total. The molecule has 2 rings (SSSR count). The highest BCUT2D eigenvalue weighted by Gasteiger charge is 2.27. The molecule has 0 bridgehead atoms. The second kappa shape index (κ2) is 6.13. The molecule has 0 amide bonds. The Morgan fingerprint density at radius 3 is 2.76 bits per heavy atom. The second-order valence-corrected chi connectivity index (χ2v) is 4.43. The fraction of sp³-hybridized carbons (Fsp3) is 0.385. The topological polar surface area (TPSA) is 68.4 Å². The van der Waals surface area contributed by atoms with E-state index in [0.717, 1.165) is 5.56 Å². The summed E-state index contributed by atoms with van der Waals surface area (Å²) in [6, 6.07) is 4.66. The largest absolute Gasteiger partial charge is 0.508 e. The molecule has 1 aromatic carbocycles. The number of aryl methyl sites for hydroxylation is 1. The summed E-state index contributed by atoms with van der Waals surface area (Å²) in [6.07, 6.45) is -4.22. The highest BCUT2D eigenvalue weighted by Crippen LogP contribution is 2.25. The average Bonchev–Trinajstić information content (AvgIpc) is 2.82. The smallest absolute Gasteiger partial charge is 0.411 e. The van der Waals surface area contributed by atoms with E-state index in [-0.39, 0.29) is 30.5 Å². The molecule has 1 N–H and O–H groups in total. The molecule has 0 saturated heterocycles. The average molecular weight is 302 g/mol. The number of hydrogen-bond donors (Lipinski definition) is 1. The van der Waals surface area contributed by atoms with E-state index in [1.165, 1.54) is 6.07 Å². The van der Waals surface area contributed by atoms with E-state index >= 15 is 0 Å². The summed E-state index contributed by atoms with van der Waals surface area (Å²) in [4.78, 5) is 4.08. The first-order chi connectivity index (χ1) is 9.85. The summed E-state index contributed by atoms with van der Waals surface area (Å²) in [5.41, 5.74) is 1.40. The van der Waals surface area contributed by atoms with Crippen molar-refractivity contribution >= 4 is 0 Å². The molecule has 0 aliphatic heterocycles. The number of benzene rings is 1. The Morgan fingerprint density at radius 2 is 2.10 bits per heavy atom. The maximum Gasteiger partial charge on any atom is 0.411 e. The first-order valence-electron chi connectivity index (χ1n) is 6.12. The molecule has 0 radical (unpaired) electrons. The molecule has 0 saturated carbocycles. The van der Waals surface area contributed by atoms with E-state index in [9.17, 15) is 18.3 Å². The number of nitrogens with zero attached hydrogens (tertiary/aromatic N) is 2. The van der Waals surface area contributed by atoms with Crippen molar-refractivity contribution in [3.8, 4) is 17.2 Å². The van der Waals surface area contributed by atoms with Crippen molar-refractivity contribution in [2.24, 2.45) is 0 Å². The zero-order valence-corrected chi connectivity index (χ0v) is 11.1. The van der Waals surface area contributed by atoms with Crippen molar-refractivity contribution < 1.29 is 27.5 Å². The van der Waals surface area contributed by atoms with Gasteiger partial charge >= 0.3 is 6.18 Å². The third kappa shape index (κ3) is 4.45. The van der Waals surface area contributed by atoms with E-state index in [0.29, 0.717) is 5.56 Å². The van der Waals surface area contributed by atoms with Crippen LogP contribution in [0.4, 0.5) is 13.2 Å². The van der Waals surface area contributed by atoms with Crippen molar-refractivity contribution in [2.75, 3.05) is 13.2 Å². The Morgan fingerprint density at radius 1 is 1.33 bits per heavy atom. The Balaban J connectivity index is 1.95. The van der Waals surface area contributed by atoms with Gasteiger partial charge in [0, 0.05) is 12.0 Å². The minimum atomic E-state index is -4.34. The van der Waals surface area contributed by atoms with Gasteiger partial charge in [0.15, 0.2) is 5.82 Å². The number of aromatic hydroxyl groups is 1. The molecule has 1 aromatic heterocycles. The summed E-state index contributed by atoms with van der Waals surface area (Å²) in [5, 5.41) is 13.0. The van der Waals surface area contributed by atoms with Crippen LogP contribution in [0.5, 0.6) is 5.75 Å². The van der Waals surface area contributed by atoms with Gasteiger partial charge < -0.3 is 14.4 Å². The molecule has 0 unspecified atom stereocenters. The molecule has 114 valence electrons. The number of phenolic OH excluding ortho intramolecular Hbond substituents is 1. The van der Waals surface area contributed by atoms with Crippen LogP contribution in [0, 0.1) is 6.92 Å². The van der Waals surface area contributed by atoms with Crippen LogP contribution < -0.4 is 0 Å². The van der Waals surface area contributed by atoms with Crippen LogP contribution in [0.15, 0.2) is 22.7 Å². The molecule has 8 heteroatoms. The fourth-order valence-corrected chi connectivity index (χ4v) is 1.70. The molecule has 0 aliphatic rings. The van der Waals surface area contributed by atoms with Crippen molar-refractivity contribution in [3.05, 3.63) is 29.6 Å². The van der Waals surface area contributed by atoms with Crippen LogP contribution in [-0.4, -0.2) is 34.6 Å². The molecule has 2 aromatic rings. The number of aromatic nitrogens is 2. The maximum absolute atomic E-state index is 11.9. The maximum atomic E-state index is 11.9. The Hall–Kier alpha value is -2.09. The predicted octanol–water partition coefficient (Wildman–Crippen LogP) is 2.87. The van der Waals surface area contributed by atoms with Crippen LogP contribution in [0.3, 0.4) is 0 Å². The van der Waals surface area contributed by atoms with Crippen LogP contribution in [0.2, 0.25) is 0 Å². The number of alkyl halides is 3. The van der Waals surface area contributed by atoms with Crippen LogP contribution >= 0.6 is 0 Å². The molecular formula is C13H13F3N2O3. The lowest BCUT2D eigenvalue weighted by Gasteiger charge is -2.05. The summed E-state index contributed by atoms with van der Waals surface area (Å²) in [5.74, 6) is 0.634. The van der Waals surface area contributed by atoms with Gasteiger partial charge in [-0.2, -0.15) is 18.2 Å². The van der Waals surface area contributed by atoms with E-state index in [2.05, 4.69) is 14.9 Å². The fourth-order valence-electron chi connectivity index (χ4n) is 1.70. The standard InChI is InChI=1S/C13H13F3N2O3/c1-8-6-9(19)2-3-10(8)12-17-11(18-21-12)4-5-20-7-13(14,15)16/h2-3,6,19H,4-5,7H2,1H3. The molecule has 1 heterocycles. The minimum Gasteiger partial charge on any atom is -0.508 e. The summed E-state index contributed by atoms with van der Waals surface area (Å²) in [7, 11) is 0. The van der Waals surface area contributed by atoms with Gasteiger partial charge in [0.2, 0.25) is 0 Å². The van der Waals surface area contributed by atoms with Gasteiger partial charge in [-0.15, -0.1) is 0 Å². The van der Waals surface area contributed by atoms with E-state index in [1.54, 1.807) is 19.1 Å². The van der Waals surface area contributed by atoms with E-state index in [4.69, 9.17) is 4.52 Å². The third-order valence-corrected chi connectivity index (χ3v) is 2.64. The van der Waals surface area contributed by atoms with Gasteiger partial charge in [-0.05, 0) is 30.7 Å². The number of halogens is 3. The molecular weight excluding hydrogens is 289 g/mol. The van der Waals surface area contributed by atoms with Gasteiger partial charge in [-0.1, -0.05) is 5.16 Å². The molecule has 0 spiro atoms. The monoisotopic (exact) mass is 302 g/mol. The van der Waals surface area contributed by atoms with Crippen LogP contribution in [0.1, 0.15) is 11.4 Å². The van der Waals surface area contributed by atoms with Gasteiger partial charge in [-0.3, -0.25) is 0 Å². The van der Waals surface area contributed by atoms with E-state index in [1.807, 2.05) is 0 Å². The van der Waals surface area contributed by atoms with Crippen molar-refractivity contribution in [1.29, 1.82) is 0 Å². The van der Waals surface area contributed by atoms with Crippen LogP contribution in [0.25, 0.3) is 11.5 Å². The molecule has 0 aliphatic carbocycles. The van der Waals surface area contributed by atoms with Crippen molar-refractivity contribution in [1.82, 2.24) is 10.1 Å². The highest BCUT2D eigenvalue weighted by atomic mass is 19.4. The Labute approximate surface area is 118 Å². The normalized spacial score (nSPS) is 11.8. The lowest BCUT2D eigenvalue weighted by Crippen LogP contribution is -2.18. The van der Waals surface area contributed by atoms with Crippen LogP contribution in [-0.2, 0) is 11.2 Å². The lowest BCUT2D eigenvalue weighted by atomic mass is 10.1. The van der Waals surface area contributed by atoms with Gasteiger partial charge in [0.25, 0.3) is 5.89 Å². The minimum absolute atomic E-state index is 0.122. The number of ether oxygens (including phenoxy) is 1. The van der Waals surface area contributed by atoms with Crippen molar-refractivity contribution in [2.45, 2.75) is 19.5 Å². The zero-order chi connectivity index (χ0) is 15.5. The second-order valence-electron chi connectivity index (χ2n) is 4.43. The first kappa shape index (κ1) is 15.3. The quantitative estimate of drug-likeness (QED) is 0.860. The molecule has 0 fully saturated rings. The summed E-state index contributed by atoms with van der Waals surface area (Å²) < 4.78 is 45.2. The van der Waals surface area contributed by atoms with E-state index < -0.39 is 12.8 Å². The Kier molecular flexibility index (Phi) is 4.46.